The molecule has 1 aromatic carbocycles. The molecule has 1 fully saturated rings. The van der Waals surface area contributed by atoms with Gasteiger partial charge in [-0.05, 0) is 42.5 Å². The van der Waals surface area contributed by atoms with Crippen molar-refractivity contribution < 1.29 is 18.7 Å². The molecule has 0 radical (unpaired) electrons. The summed E-state index contributed by atoms with van der Waals surface area (Å²) >= 11 is 0. The monoisotopic (exact) mass is 501 g/mol. The van der Waals surface area contributed by atoms with Crippen molar-refractivity contribution in [3.05, 3.63) is 73.0 Å². The molecule has 0 bridgehead atoms. The van der Waals surface area contributed by atoms with Crippen molar-refractivity contribution >= 4 is 34.1 Å². The summed E-state index contributed by atoms with van der Waals surface area (Å²) < 4.78 is 26.4. The van der Waals surface area contributed by atoms with Gasteiger partial charge in [0.05, 0.1) is 36.2 Å². The third kappa shape index (κ3) is 5.22. The zero-order valence-electron chi connectivity index (χ0n) is 20.0. The van der Waals surface area contributed by atoms with Crippen molar-refractivity contribution in [1.82, 2.24) is 25.3 Å². The molecule has 0 spiro atoms. The highest BCUT2D eigenvalue weighted by atomic mass is 19.1. The topological polar surface area (TPSA) is 123 Å². The number of nitrogens with one attached hydrogen (secondary N) is 3. The van der Waals surface area contributed by atoms with Crippen LogP contribution >= 0.6 is 0 Å². The lowest BCUT2D eigenvalue weighted by Gasteiger charge is -2.23. The first-order valence-electron chi connectivity index (χ1n) is 11.5. The van der Waals surface area contributed by atoms with Crippen LogP contribution in [-0.4, -0.2) is 52.6 Å². The van der Waals surface area contributed by atoms with E-state index in [1.807, 2.05) is 12.1 Å². The summed E-state index contributed by atoms with van der Waals surface area (Å²) in [5.74, 6) is -0.327. The second-order valence-electron chi connectivity index (χ2n) is 8.16. The number of hydrogen-bond acceptors (Lipinski definition) is 9. The first-order valence-corrected chi connectivity index (χ1v) is 11.5. The second-order valence-corrected chi connectivity index (χ2v) is 8.16. The first-order chi connectivity index (χ1) is 18.1. The first kappa shape index (κ1) is 24.2. The van der Waals surface area contributed by atoms with Crippen LogP contribution in [0.2, 0.25) is 0 Å². The van der Waals surface area contributed by atoms with Crippen molar-refractivity contribution in [3.63, 3.8) is 0 Å². The number of carbonyl (C=O) groups is 1. The summed E-state index contributed by atoms with van der Waals surface area (Å²) in [6.07, 6.45) is 4.06. The summed E-state index contributed by atoms with van der Waals surface area (Å²) in [4.78, 5) is 29.5. The van der Waals surface area contributed by atoms with Crippen molar-refractivity contribution in [1.29, 1.82) is 0 Å². The SMILES string of the molecule is C=CC(=O)Nc1ccnc(-c2c(F)ccc3cnc(Nc4ccc(C5CNCCO5)nc4OC)nc23)c1. The number of hydrogen-bond donors (Lipinski definition) is 3. The molecule has 1 unspecified atom stereocenters. The maximum Gasteiger partial charge on any atom is 0.247 e. The summed E-state index contributed by atoms with van der Waals surface area (Å²) in [5, 5.41) is 9.66. The van der Waals surface area contributed by atoms with Crippen LogP contribution in [0, 0.1) is 5.82 Å². The van der Waals surface area contributed by atoms with Gasteiger partial charge >= 0.3 is 0 Å². The molecule has 188 valence electrons. The number of methoxy groups -OCH3 is 1. The highest BCUT2D eigenvalue weighted by Crippen LogP contribution is 2.32. The molecule has 1 aliphatic heterocycles. The zero-order valence-corrected chi connectivity index (χ0v) is 20.0. The molecule has 3 N–H and O–H groups in total. The van der Waals surface area contributed by atoms with Crippen molar-refractivity contribution in [2.75, 3.05) is 37.4 Å². The molecular formula is C26H24FN7O3. The third-order valence-corrected chi connectivity index (χ3v) is 5.75. The van der Waals surface area contributed by atoms with Crippen molar-refractivity contribution in [2.24, 2.45) is 0 Å². The summed E-state index contributed by atoms with van der Waals surface area (Å²) in [6, 6.07) is 9.76. The number of morpholine rings is 1. The van der Waals surface area contributed by atoms with Crippen LogP contribution in [-0.2, 0) is 9.53 Å². The van der Waals surface area contributed by atoms with Gasteiger partial charge in [-0.25, -0.2) is 19.3 Å². The fourth-order valence-corrected chi connectivity index (χ4v) is 3.98. The molecule has 4 heterocycles. The quantitative estimate of drug-likeness (QED) is 0.325. The molecule has 0 aliphatic carbocycles. The van der Waals surface area contributed by atoms with E-state index in [1.54, 1.807) is 24.4 Å². The second kappa shape index (κ2) is 10.6. The van der Waals surface area contributed by atoms with Crippen LogP contribution in [0.5, 0.6) is 5.88 Å². The lowest BCUT2D eigenvalue weighted by molar-refractivity contribution is -0.111. The number of fused-ring (bicyclic) bond motifs is 1. The number of aromatic nitrogens is 4. The van der Waals surface area contributed by atoms with Gasteiger partial charge in [0, 0.05) is 36.6 Å². The number of carbonyl (C=O) groups excluding carboxylic acids is 1. The minimum Gasteiger partial charge on any atom is -0.480 e. The lowest BCUT2D eigenvalue weighted by atomic mass is 10.1. The van der Waals surface area contributed by atoms with Gasteiger partial charge in [0.2, 0.25) is 17.7 Å². The maximum absolute atomic E-state index is 15.1. The van der Waals surface area contributed by atoms with Gasteiger partial charge in [-0.1, -0.05) is 6.58 Å². The highest BCUT2D eigenvalue weighted by Gasteiger charge is 2.20. The van der Waals surface area contributed by atoms with Crippen LogP contribution in [0.25, 0.3) is 22.2 Å². The molecule has 0 saturated carbocycles. The normalized spacial score (nSPS) is 15.2. The van der Waals surface area contributed by atoms with Crippen LogP contribution in [0.15, 0.2) is 61.4 Å². The zero-order chi connectivity index (χ0) is 25.8. The largest absolute Gasteiger partial charge is 0.480 e. The predicted octanol–water partition coefficient (Wildman–Crippen LogP) is 3.76. The van der Waals surface area contributed by atoms with E-state index >= 15 is 4.39 Å². The molecule has 4 aromatic rings. The van der Waals surface area contributed by atoms with Crippen LogP contribution < -0.4 is 20.7 Å². The highest BCUT2D eigenvalue weighted by molar-refractivity contribution is 6.00. The van der Waals surface area contributed by atoms with Gasteiger partial charge in [0.25, 0.3) is 0 Å². The summed E-state index contributed by atoms with van der Waals surface area (Å²) in [5.41, 5.74) is 2.57. The number of anilines is 3. The molecule has 10 nitrogen and oxygen atoms in total. The third-order valence-electron chi connectivity index (χ3n) is 5.75. The number of nitrogens with zero attached hydrogens (tertiary/aromatic N) is 4. The molecule has 1 saturated heterocycles. The van der Waals surface area contributed by atoms with Crippen LogP contribution in [0.4, 0.5) is 21.7 Å². The Morgan fingerprint density at radius 3 is 2.92 bits per heavy atom. The minimum atomic E-state index is -0.512. The molecule has 11 heteroatoms. The Balaban J connectivity index is 1.49. The molecule has 1 atom stereocenters. The average Bonchev–Trinajstić information content (AvgIpc) is 2.93. The van der Waals surface area contributed by atoms with Gasteiger partial charge in [-0.2, -0.15) is 0 Å². The number of pyridine rings is 2. The molecule has 3 aromatic heterocycles. The van der Waals surface area contributed by atoms with E-state index in [-0.39, 0.29) is 23.5 Å². The molecule has 37 heavy (non-hydrogen) atoms. The Kier molecular flexibility index (Phi) is 6.97. The molecular weight excluding hydrogens is 477 g/mol. The Hall–Kier alpha value is -4.48. The molecule has 5 rings (SSSR count). The van der Waals surface area contributed by atoms with E-state index in [0.29, 0.717) is 47.0 Å². The Morgan fingerprint density at radius 2 is 2.14 bits per heavy atom. The van der Waals surface area contributed by atoms with Gasteiger partial charge in [0.15, 0.2) is 0 Å². The number of halogens is 1. The standard InChI is InChI=1S/C26H24FN7O3/c1-3-22(35)31-16-8-9-29-20(12-16)23-17(27)5-4-15-13-30-26(34-24(15)23)33-19-7-6-18(32-25(19)36-2)21-14-28-10-11-37-21/h3-9,12-13,21,28H,1,10-11,14H2,2H3,(H,29,31,35)(H,30,33,34). The van der Waals surface area contributed by atoms with Gasteiger partial charge in [-0.15, -0.1) is 0 Å². The van der Waals surface area contributed by atoms with E-state index in [1.165, 1.54) is 19.4 Å². The summed E-state index contributed by atoms with van der Waals surface area (Å²) in [6.45, 7) is 5.52. The van der Waals surface area contributed by atoms with Crippen LogP contribution in [0.1, 0.15) is 11.8 Å². The van der Waals surface area contributed by atoms with Gasteiger partial charge in [-0.3, -0.25) is 9.78 Å². The number of ether oxygens (including phenoxy) is 2. The number of rotatable bonds is 7. The van der Waals surface area contributed by atoms with E-state index in [0.717, 1.165) is 18.3 Å². The lowest BCUT2D eigenvalue weighted by Crippen LogP contribution is -2.33. The Labute approximate surface area is 212 Å². The molecule has 1 amide bonds. The number of amides is 1. The van der Waals surface area contributed by atoms with Crippen LogP contribution in [0.3, 0.4) is 0 Å². The smallest absolute Gasteiger partial charge is 0.247 e. The fraction of sp³-hybridized carbons (Fsp3) is 0.192. The van der Waals surface area contributed by atoms with E-state index in [4.69, 9.17) is 9.47 Å². The Morgan fingerprint density at radius 1 is 1.24 bits per heavy atom. The predicted molar refractivity (Wildman–Crippen MR) is 137 cm³/mol. The van der Waals surface area contributed by atoms with E-state index < -0.39 is 5.82 Å². The molecule has 1 aliphatic rings. The maximum atomic E-state index is 15.1. The fourth-order valence-electron chi connectivity index (χ4n) is 3.98. The number of benzene rings is 1. The van der Waals surface area contributed by atoms with Gasteiger partial charge in [0.1, 0.15) is 17.6 Å². The summed E-state index contributed by atoms with van der Waals surface area (Å²) in [7, 11) is 1.52. The average molecular weight is 502 g/mol. The van der Waals surface area contributed by atoms with Crippen molar-refractivity contribution in [2.45, 2.75) is 6.10 Å². The minimum absolute atomic E-state index is 0.168. The van der Waals surface area contributed by atoms with E-state index in [9.17, 15) is 4.79 Å². The van der Waals surface area contributed by atoms with Gasteiger partial charge < -0.3 is 25.4 Å². The van der Waals surface area contributed by atoms with E-state index in [2.05, 4.69) is 42.5 Å². The Bertz CT molecular complexity index is 1470. The van der Waals surface area contributed by atoms with Crippen molar-refractivity contribution in [3.8, 4) is 17.1 Å².